The molecule has 0 aliphatic heterocycles. The molecule has 1 amide bonds. The van der Waals surface area contributed by atoms with Crippen molar-refractivity contribution >= 4 is 28.9 Å². The zero-order valence-corrected chi connectivity index (χ0v) is 13.3. The minimum Gasteiger partial charge on any atom is -0.324 e. The van der Waals surface area contributed by atoms with Crippen molar-refractivity contribution in [2.75, 3.05) is 5.32 Å². The van der Waals surface area contributed by atoms with Crippen LogP contribution in [0.5, 0.6) is 0 Å². The van der Waals surface area contributed by atoms with Crippen molar-refractivity contribution in [1.29, 1.82) is 0 Å². The lowest BCUT2D eigenvalue weighted by Gasteiger charge is -2.12. The smallest absolute Gasteiger partial charge is 0.324 e. The SMILES string of the molecule is Cc1c(Cl)cccc1NC(=O)Cn1c(C)ccc([N+](=O)[O-])c1=O. The van der Waals surface area contributed by atoms with Crippen LogP contribution in [0.25, 0.3) is 0 Å². The van der Waals surface area contributed by atoms with Gasteiger partial charge in [0, 0.05) is 22.5 Å². The third-order valence-electron chi connectivity index (χ3n) is 3.41. The monoisotopic (exact) mass is 335 g/mol. The van der Waals surface area contributed by atoms with Gasteiger partial charge in [0.25, 0.3) is 0 Å². The fourth-order valence-electron chi connectivity index (χ4n) is 2.07. The second kappa shape index (κ2) is 6.62. The number of aromatic nitrogens is 1. The van der Waals surface area contributed by atoms with Gasteiger partial charge in [-0.2, -0.15) is 0 Å². The first-order valence-electron chi connectivity index (χ1n) is 6.71. The van der Waals surface area contributed by atoms with Gasteiger partial charge in [-0.3, -0.25) is 24.3 Å². The molecule has 0 atom stereocenters. The lowest BCUT2D eigenvalue weighted by molar-refractivity contribution is -0.386. The summed E-state index contributed by atoms with van der Waals surface area (Å²) < 4.78 is 1.06. The van der Waals surface area contributed by atoms with Crippen molar-refractivity contribution in [3.63, 3.8) is 0 Å². The molecule has 8 heteroatoms. The van der Waals surface area contributed by atoms with E-state index >= 15 is 0 Å². The summed E-state index contributed by atoms with van der Waals surface area (Å²) in [6.07, 6.45) is 0. The van der Waals surface area contributed by atoms with Gasteiger partial charge in [-0.15, -0.1) is 0 Å². The minimum atomic E-state index is -0.812. The number of benzene rings is 1. The summed E-state index contributed by atoms with van der Waals surface area (Å²) in [6, 6.07) is 7.63. The molecule has 23 heavy (non-hydrogen) atoms. The van der Waals surface area contributed by atoms with Crippen molar-refractivity contribution < 1.29 is 9.72 Å². The Hall–Kier alpha value is -2.67. The highest BCUT2D eigenvalue weighted by molar-refractivity contribution is 6.31. The predicted molar refractivity (Wildman–Crippen MR) is 86.9 cm³/mol. The normalized spacial score (nSPS) is 10.4. The summed E-state index contributed by atoms with van der Waals surface area (Å²) in [6.45, 7) is 3.03. The molecule has 0 saturated carbocycles. The average molecular weight is 336 g/mol. The number of aryl methyl sites for hydroxylation is 1. The molecule has 0 spiro atoms. The van der Waals surface area contributed by atoms with Crippen LogP contribution in [-0.4, -0.2) is 15.4 Å². The molecule has 0 aliphatic rings. The van der Waals surface area contributed by atoms with Crippen LogP contribution in [0.2, 0.25) is 5.02 Å². The van der Waals surface area contributed by atoms with Crippen molar-refractivity contribution in [2.24, 2.45) is 0 Å². The van der Waals surface area contributed by atoms with E-state index in [1.54, 1.807) is 32.0 Å². The summed E-state index contributed by atoms with van der Waals surface area (Å²) in [5, 5.41) is 14.0. The first-order valence-corrected chi connectivity index (χ1v) is 7.09. The largest absolute Gasteiger partial charge is 0.334 e. The molecule has 120 valence electrons. The van der Waals surface area contributed by atoms with Gasteiger partial charge in [0.1, 0.15) is 6.54 Å². The molecule has 0 aliphatic carbocycles. The molecule has 1 aromatic carbocycles. The van der Waals surface area contributed by atoms with E-state index in [1.807, 2.05) is 0 Å². The van der Waals surface area contributed by atoms with E-state index in [-0.39, 0.29) is 6.54 Å². The Morgan fingerprint density at radius 3 is 2.65 bits per heavy atom. The Labute approximate surface area is 136 Å². The Bertz CT molecular complexity index is 845. The van der Waals surface area contributed by atoms with Crippen LogP contribution in [0.4, 0.5) is 11.4 Å². The molecule has 1 aromatic heterocycles. The van der Waals surface area contributed by atoms with Crippen molar-refractivity contribution in [2.45, 2.75) is 20.4 Å². The second-order valence-corrected chi connectivity index (χ2v) is 5.38. The lowest BCUT2D eigenvalue weighted by Crippen LogP contribution is -2.30. The first-order chi connectivity index (χ1) is 10.8. The van der Waals surface area contributed by atoms with Crippen LogP contribution in [-0.2, 0) is 11.3 Å². The van der Waals surface area contributed by atoms with E-state index in [4.69, 9.17) is 11.6 Å². The minimum absolute atomic E-state index is 0.321. The average Bonchev–Trinajstić information content (AvgIpc) is 2.48. The topological polar surface area (TPSA) is 94.2 Å². The number of carbonyl (C=O) groups excluding carboxylic acids is 1. The van der Waals surface area contributed by atoms with E-state index in [9.17, 15) is 19.7 Å². The number of hydrogen-bond donors (Lipinski definition) is 1. The lowest BCUT2D eigenvalue weighted by atomic mass is 10.2. The summed E-state index contributed by atoms with van der Waals surface area (Å²) in [7, 11) is 0. The van der Waals surface area contributed by atoms with Crippen LogP contribution < -0.4 is 10.9 Å². The molecule has 2 aromatic rings. The highest BCUT2D eigenvalue weighted by Gasteiger charge is 2.17. The molecule has 0 radical (unpaired) electrons. The number of pyridine rings is 1. The Balaban J connectivity index is 2.27. The number of carbonyl (C=O) groups is 1. The molecule has 2 rings (SSSR count). The number of amides is 1. The fourth-order valence-corrected chi connectivity index (χ4v) is 2.25. The highest BCUT2D eigenvalue weighted by atomic mass is 35.5. The molecule has 0 bridgehead atoms. The number of halogens is 1. The Morgan fingerprint density at radius 2 is 2.00 bits per heavy atom. The standard InChI is InChI=1S/C15H14ClN3O4/c1-9-6-7-13(19(22)23)15(21)18(9)8-14(20)17-12-5-3-4-11(16)10(12)2/h3-7H,8H2,1-2H3,(H,17,20). The van der Waals surface area contributed by atoms with Gasteiger partial charge in [0.05, 0.1) is 4.92 Å². The summed E-state index contributed by atoms with van der Waals surface area (Å²) in [4.78, 5) is 34.3. The van der Waals surface area contributed by atoms with Gasteiger partial charge < -0.3 is 5.32 Å². The third kappa shape index (κ3) is 3.57. The van der Waals surface area contributed by atoms with Crippen molar-refractivity contribution in [3.8, 4) is 0 Å². The van der Waals surface area contributed by atoms with Crippen molar-refractivity contribution in [3.05, 3.63) is 67.1 Å². The number of hydrogen-bond acceptors (Lipinski definition) is 4. The van der Waals surface area contributed by atoms with Crippen LogP contribution >= 0.6 is 11.6 Å². The van der Waals surface area contributed by atoms with Gasteiger partial charge in [0.15, 0.2) is 0 Å². The predicted octanol–water partition coefficient (Wildman–Crippen LogP) is 2.67. The van der Waals surface area contributed by atoms with Crippen LogP contribution in [0.3, 0.4) is 0 Å². The number of anilines is 1. The van der Waals surface area contributed by atoms with Crippen LogP contribution in [0, 0.1) is 24.0 Å². The fraction of sp³-hybridized carbons (Fsp3) is 0.200. The first kappa shape index (κ1) is 16.7. The third-order valence-corrected chi connectivity index (χ3v) is 3.82. The Morgan fingerprint density at radius 1 is 1.30 bits per heavy atom. The van der Waals surface area contributed by atoms with E-state index in [2.05, 4.69) is 5.32 Å². The summed E-state index contributed by atoms with van der Waals surface area (Å²) in [5.41, 5.74) is 0.304. The van der Waals surface area contributed by atoms with E-state index in [0.29, 0.717) is 22.0 Å². The maximum Gasteiger partial charge on any atom is 0.334 e. The summed E-state index contributed by atoms with van der Waals surface area (Å²) in [5.74, 6) is -0.471. The van der Waals surface area contributed by atoms with Gasteiger partial charge in [-0.25, -0.2) is 0 Å². The number of nitrogens with one attached hydrogen (secondary N) is 1. The summed E-state index contributed by atoms with van der Waals surface area (Å²) >= 11 is 5.98. The zero-order chi connectivity index (χ0) is 17.1. The van der Waals surface area contributed by atoms with Crippen LogP contribution in [0.15, 0.2) is 35.1 Å². The van der Waals surface area contributed by atoms with Gasteiger partial charge in [-0.1, -0.05) is 17.7 Å². The molecule has 1 N–H and O–H groups in total. The molecule has 0 unspecified atom stereocenters. The highest BCUT2D eigenvalue weighted by Crippen LogP contribution is 2.22. The van der Waals surface area contributed by atoms with Gasteiger partial charge in [-0.05, 0) is 37.6 Å². The molecular weight excluding hydrogens is 322 g/mol. The maximum atomic E-state index is 12.1. The molecule has 0 saturated heterocycles. The number of rotatable bonds is 4. The maximum absolute atomic E-state index is 12.1. The van der Waals surface area contributed by atoms with Crippen molar-refractivity contribution in [1.82, 2.24) is 4.57 Å². The van der Waals surface area contributed by atoms with Crippen LogP contribution in [0.1, 0.15) is 11.3 Å². The quantitative estimate of drug-likeness (QED) is 0.686. The number of nitro groups is 1. The van der Waals surface area contributed by atoms with Gasteiger partial charge in [0.2, 0.25) is 5.91 Å². The molecular formula is C15H14ClN3O4. The van der Waals surface area contributed by atoms with E-state index in [0.717, 1.165) is 10.6 Å². The molecule has 1 heterocycles. The molecule has 7 nitrogen and oxygen atoms in total. The second-order valence-electron chi connectivity index (χ2n) is 4.97. The molecule has 0 fully saturated rings. The van der Waals surface area contributed by atoms with E-state index < -0.39 is 22.1 Å². The van der Waals surface area contributed by atoms with Gasteiger partial charge >= 0.3 is 11.2 Å². The Kier molecular flexibility index (Phi) is 4.80. The zero-order valence-electron chi connectivity index (χ0n) is 12.5. The van der Waals surface area contributed by atoms with E-state index in [1.165, 1.54) is 6.07 Å². The number of nitrogens with zero attached hydrogens (tertiary/aromatic N) is 2.